The van der Waals surface area contributed by atoms with E-state index in [2.05, 4.69) is 53.8 Å². The van der Waals surface area contributed by atoms with Gasteiger partial charge >= 0.3 is 0 Å². The third-order valence-electron chi connectivity index (χ3n) is 7.36. The van der Waals surface area contributed by atoms with Crippen molar-refractivity contribution >= 4 is 22.3 Å². The van der Waals surface area contributed by atoms with Crippen molar-refractivity contribution in [2.75, 3.05) is 36.0 Å². The van der Waals surface area contributed by atoms with Crippen LogP contribution in [0.4, 0.5) is 15.3 Å². The molecule has 2 saturated heterocycles. The van der Waals surface area contributed by atoms with Gasteiger partial charge in [-0.2, -0.15) is 0 Å². The van der Waals surface area contributed by atoms with Gasteiger partial charge in [-0.25, -0.2) is 19.8 Å². The number of aromatic nitrogens is 4. The summed E-state index contributed by atoms with van der Waals surface area (Å²) in [7, 11) is 0. The molecule has 2 aromatic rings. The van der Waals surface area contributed by atoms with Crippen molar-refractivity contribution in [3.8, 4) is 0 Å². The minimum Gasteiger partial charge on any atom is -0.369 e. The monoisotopic (exact) mass is 460 g/mol. The highest BCUT2D eigenvalue weighted by Crippen LogP contribution is 2.45. The van der Waals surface area contributed by atoms with Crippen molar-refractivity contribution in [3.63, 3.8) is 0 Å². The van der Waals surface area contributed by atoms with Gasteiger partial charge in [0.2, 0.25) is 5.13 Å². The van der Waals surface area contributed by atoms with Crippen LogP contribution in [-0.2, 0) is 4.74 Å². The van der Waals surface area contributed by atoms with Crippen molar-refractivity contribution in [1.29, 1.82) is 0 Å². The summed E-state index contributed by atoms with van der Waals surface area (Å²) in [5.74, 6) is 1.18. The lowest BCUT2D eigenvalue weighted by atomic mass is 9.78. The normalized spacial score (nSPS) is 33.9. The fourth-order valence-corrected chi connectivity index (χ4v) is 5.81. The zero-order chi connectivity index (χ0) is 21.7. The summed E-state index contributed by atoms with van der Waals surface area (Å²) in [5, 5.41) is 9.09. The van der Waals surface area contributed by atoms with E-state index >= 15 is 0 Å². The molecular formula is C21H29FN8OS. The Morgan fingerprint density at radius 3 is 2.69 bits per heavy atom. The van der Waals surface area contributed by atoms with Gasteiger partial charge in [0.05, 0.1) is 23.4 Å². The second kappa shape index (κ2) is 8.12. The van der Waals surface area contributed by atoms with E-state index in [4.69, 9.17) is 4.74 Å². The Morgan fingerprint density at radius 2 is 1.94 bits per heavy atom. The molecule has 11 heteroatoms. The van der Waals surface area contributed by atoms with Crippen LogP contribution >= 0.6 is 11.3 Å². The largest absolute Gasteiger partial charge is 0.369 e. The van der Waals surface area contributed by atoms with Crippen LogP contribution in [0.1, 0.15) is 44.3 Å². The molecule has 4 heterocycles. The summed E-state index contributed by atoms with van der Waals surface area (Å²) in [6.45, 7) is 5.61. The molecule has 172 valence electrons. The second-order valence-electron chi connectivity index (χ2n) is 9.63. The lowest BCUT2D eigenvalue weighted by Gasteiger charge is -2.37. The second-order valence-corrected chi connectivity index (χ2v) is 10.4. The first-order chi connectivity index (χ1) is 15.6. The maximum Gasteiger partial charge on any atom is 0.208 e. The van der Waals surface area contributed by atoms with Gasteiger partial charge in [0.1, 0.15) is 23.8 Å². The van der Waals surface area contributed by atoms with E-state index in [1.807, 2.05) is 0 Å². The minimum atomic E-state index is -0.924. The number of ether oxygens (including phenoxy) is 1. The zero-order valence-electron chi connectivity index (χ0n) is 18.2. The number of alkyl halides is 1. The molecule has 5 unspecified atom stereocenters. The van der Waals surface area contributed by atoms with E-state index < -0.39 is 6.17 Å². The van der Waals surface area contributed by atoms with E-state index in [1.54, 1.807) is 23.2 Å². The first kappa shape index (κ1) is 20.6. The zero-order valence-corrected chi connectivity index (χ0v) is 19.0. The lowest BCUT2D eigenvalue weighted by molar-refractivity contribution is -0.0886. The van der Waals surface area contributed by atoms with Crippen LogP contribution in [0.5, 0.6) is 0 Å². The molecule has 0 bridgehead atoms. The van der Waals surface area contributed by atoms with Crippen molar-refractivity contribution in [3.05, 3.63) is 23.6 Å². The van der Waals surface area contributed by atoms with Crippen LogP contribution in [0.3, 0.4) is 0 Å². The fraction of sp³-hybridized carbons (Fsp3) is 0.714. The molecule has 2 aliphatic heterocycles. The number of nitrogens with one attached hydrogen (secondary N) is 2. The van der Waals surface area contributed by atoms with Crippen LogP contribution in [0.2, 0.25) is 0 Å². The molecule has 6 rings (SSSR count). The van der Waals surface area contributed by atoms with Gasteiger partial charge in [-0.3, -0.25) is 5.43 Å². The van der Waals surface area contributed by atoms with Crippen molar-refractivity contribution in [2.45, 2.75) is 62.6 Å². The molecule has 4 aliphatic rings. The first-order valence-electron chi connectivity index (χ1n) is 11.5. The summed E-state index contributed by atoms with van der Waals surface area (Å²) in [6, 6.07) is 2.20. The predicted molar refractivity (Wildman–Crippen MR) is 119 cm³/mol. The Labute approximate surface area is 190 Å². The average molecular weight is 461 g/mol. The SMILES string of the molecule is CC1(OC2CC3C(CC2F)NNC3c2cc(N3CCN(c4nncs4)CC3)ncn2)CC1. The molecule has 9 nitrogen and oxygen atoms in total. The van der Waals surface area contributed by atoms with Crippen molar-refractivity contribution in [1.82, 2.24) is 31.0 Å². The molecule has 0 spiro atoms. The summed E-state index contributed by atoms with van der Waals surface area (Å²) in [4.78, 5) is 13.7. The molecule has 0 amide bonds. The van der Waals surface area contributed by atoms with Gasteiger partial charge in [-0.05, 0) is 32.6 Å². The topological polar surface area (TPSA) is 91.3 Å². The molecule has 2 N–H and O–H groups in total. The number of piperazine rings is 1. The maximum absolute atomic E-state index is 14.8. The number of rotatable bonds is 5. The minimum absolute atomic E-state index is 0.0232. The van der Waals surface area contributed by atoms with Gasteiger partial charge in [-0.1, -0.05) is 11.3 Å². The molecule has 2 aromatic heterocycles. The standard InChI is InChI=1S/C21H29FN8OS/c1-21(2-3-21)31-17-8-13-15(9-14(17)22)26-27-19(13)16-10-18(24-11-23-16)29-4-6-30(7-5-29)20-28-25-12-32-20/h10-15,17,19,26-27H,2-9H2,1H3. The Hall–Kier alpha value is -1.95. The molecule has 0 radical (unpaired) electrons. The molecule has 0 aromatic carbocycles. The number of hydrogen-bond donors (Lipinski definition) is 2. The van der Waals surface area contributed by atoms with E-state index in [9.17, 15) is 4.39 Å². The summed E-state index contributed by atoms with van der Waals surface area (Å²) < 4.78 is 20.9. The third kappa shape index (κ3) is 3.95. The summed E-state index contributed by atoms with van der Waals surface area (Å²) in [5.41, 5.74) is 9.31. The van der Waals surface area contributed by atoms with Gasteiger partial charge in [0.15, 0.2) is 0 Å². The molecule has 32 heavy (non-hydrogen) atoms. The van der Waals surface area contributed by atoms with Gasteiger partial charge < -0.3 is 14.5 Å². The van der Waals surface area contributed by atoms with Crippen molar-refractivity contribution < 1.29 is 9.13 Å². The van der Waals surface area contributed by atoms with Crippen LogP contribution in [0.15, 0.2) is 17.9 Å². The number of halogens is 1. The Morgan fingerprint density at radius 1 is 1.12 bits per heavy atom. The summed E-state index contributed by atoms with van der Waals surface area (Å²) >= 11 is 1.57. The van der Waals surface area contributed by atoms with Gasteiger partial charge in [-0.15, -0.1) is 10.2 Å². The predicted octanol–water partition coefficient (Wildman–Crippen LogP) is 1.86. The van der Waals surface area contributed by atoms with Crippen LogP contribution in [-0.4, -0.2) is 70.3 Å². The number of nitrogens with zero attached hydrogens (tertiary/aromatic N) is 6. The van der Waals surface area contributed by atoms with Gasteiger partial charge in [0, 0.05) is 44.2 Å². The molecule has 4 fully saturated rings. The number of hydrogen-bond acceptors (Lipinski definition) is 10. The quantitative estimate of drug-likeness (QED) is 0.694. The molecule has 2 aliphatic carbocycles. The molecule has 5 atom stereocenters. The van der Waals surface area contributed by atoms with E-state index in [0.29, 0.717) is 12.8 Å². The van der Waals surface area contributed by atoms with E-state index in [-0.39, 0.29) is 29.7 Å². The Bertz CT molecular complexity index is 936. The first-order valence-corrected chi connectivity index (χ1v) is 12.4. The highest BCUT2D eigenvalue weighted by Gasteiger charge is 2.50. The van der Waals surface area contributed by atoms with Crippen LogP contribution < -0.4 is 20.7 Å². The van der Waals surface area contributed by atoms with Crippen LogP contribution in [0.25, 0.3) is 0 Å². The Balaban J connectivity index is 1.14. The fourth-order valence-electron chi connectivity index (χ4n) is 5.20. The number of hydrazine groups is 1. The lowest BCUT2D eigenvalue weighted by Crippen LogP contribution is -2.47. The Kier molecular flexibility index (Phi) is 5.24. The smallest absolute Gasteiger partial charge is 0.208 e. The number of fused-ring (bicyclic) bond motifs is 1. The average Bonchev–Trinajstić information content (AvgIpc) is 3.20. The maximum atomic E-state index is 14.8. The van der Waals surface area contributed by atoms with Gasteiger partial charge in [0.25, 0.3) is 0 Å². The highest BCUT2D eigenvalue weighted by molar-refractivity contribution is 7.13. The van der Waals surface area contributed by atoms with E-state index in [0.717, 1.165) is 55.7 Å². The molecular weight excluding hydrogens is 431 g/mol. The molecule has 2 saturated carbocycles. The third-order valence-corrected chi connectivity index (χ3v) is 8.11. The van der Waals surface area contributed by atoms with Crippen molar-refractivity contribution in [2.24, 2.45) is 5.92 Å². The van der Waals surface area contributed by atoms with E-state index in [1.165, 1.54) is 0 Å². The van der Waals surface area contributed by atoms with Crippen LogP contribution in [0, 0.1) is 5.92 Å². The number of anilines is 2. The summed E-state index contributed by atoms with van der Waals surface area (Å²) in [6.07, 6.45) is 3.63. The highest BCUT2D eigenvalue weighted by atomic mass is 32.1.